The van der Waals surface area contributed by atoms with Gasteiger partial charge in [0, 0.05) is 17.7 Å². The minimum absolute atomic E-state index is 0.00721. The van der Waals surface area contributed by atoms with Gasteiger partial charge in [-0.25, -0.2) is 4.98 Å². The number of anilines is 1. The lowest BCUT2D eigenvalue weighted by atomic mass is 9.90. The maximum atomic E-state index is 9.48. The van der Waals surface area contributed by atoms with Crippen LogP contribution in [0.1, 0.15) is 32.0 Å². The van der Waals surface area contributed by atoms with E-state index >= 15 is 0 Å². The van der Waals surface area contributed by atoms with Gasteiger partial charge in [0.1, 0.15) is 5.82 Å². The van der Waals surface area contributed by atoms with E-state index in [1.165, 1.54) is 0 Å². The zero-order valence-electron chi connectivity index (χ0n) is 12.5. The van der Waals surface area contributed by atoms with Crippen LogP contribution in [0.25, 0.3) is 0 Å². The van der Waals surface area contributed by atoms with Crippen molar-refractivity contribution in [3.05, 3.63) is 23.4 Å². The molecule has 0 bridgehead atoms. The average molecular weight is 280 g/mol. The summed E-state index contributed by atoms with van der Waals surface area (Å²) in [6.07, 6.45) is 0. The Kier molecular flexibility index (Phi) is 4.62. The number of hydrogen-bond donors (Lipinski definition) is 2. The summed E-state index contributed by atoms with van der Waals surface area (Å²) in [4.78, 5) is 6.79. The van der Waals surface area contributed by atoms with Crippen molar-refractivity contribution in [1.29, 1.82) is 0 Å². The standard InChI is InChI=1S/C15H24N2O3/c1-15(2,3)13-6-11(8-18)7-14(16-13)17-4-5-20-10-12(17)9-19/h6-7,12,18-19H,4-5,8-10H2,1-3H3. The molecule has 2 rings (SSSR count). The third-order valence-electron chi connectivity index (χ3n) is 3.56. The van der Waals surface area contributed by atoms with Gasteiger partial charge in [-0.05, 0) is 17.7 Å². The largest absolute Gasteiger partial charge is 0.394 e. The highest BCUT2D eigenvalue weighted by Crippen LogP contribution is 2.26. The summed E-state index contributed by atoms with van der Waals surface area (Å²) in [5, 5.41) is 18.9. The number of rotatable bonds is 3. The van der Waals surface area contributed by atoms with Crippen LogP contribution in [0.4, 0.5) is 5.82 Å². The molecule has 0 radical (unpaired) electrons. The second-order valence-electron chi connectivity index (χ2n) is 6.23. The molecule has 112 valence electrons. The lowest BCUT2D eigenvalue weighted by molar-refractivity contribution is 0.0722. The average Bonchev–Trinajstić information content (AvgIpc) is 2.45. The van der Waals surface area contributed by atoms with Crippen molar-refractivity contribution in [1.82, 2.24) is 4.98 Å². The summed E-state index contributed by atoms with van der Waals surface area (Å²) in [5.41, 5.74) is 1.71. The maximum Gasteiger partial charge on any atom is 0.129 e. The van der Waals surface area contributed by atoms with E-state index in [1.54, 1.807) is 0 Å². The minimum atomic E-state index is -0.0824. The predicted molar refractivity (Wildman–Crippen MR) is 77.9 cm³/mol. The Hall–Kier alpha value is -1.17. The Morgan fingerprint density at radius 1 is 1.35 bits per heavy atom. The van der Waals surface area contributed by atoms with Gasteiger partial charge in [0.05, 0.1) is 32.5 Å². The lowest BCUT2D eigenvalue weighted by Gasteiger charge is -2.36. The van der Waals surface area contributed by atoms with Gasteiger partial charge in [-0.1, -0.05) is 20.8 Å². The van der Waals surface area contributed by atoms with E-state index < -0.39 is 0 Å². The van der Waals surface area contributed by atoms with Crippen molar-refractivity contribution in [3.63, 3.8) is 0 Å². The van der Waals surface area contributed by atoms with E-state index in [-0.39, 0.29) is 24.7 Å². The lowest BCUT2D eigenvalue weighted by Crippen LogP contribution is -2.48. The molecule has 0 aromatic carbocycles. The monoisotopic (exact) mass is 280 g/mol. The smallest absolute Gasteiger partial charge is 0.129 e. The van der Waals surface area contributed by atoms with E-state index in [0.29, 0.717) is 19.8 Å². The van der Waals surface area contributed by atoms with Crippen molar-refractivity contribution in [2.24, 2.45) is 0 Å². The zero-order chi connectivity index (χ0) is 14.8. The zero-order valence-corrected chi connectivity index (χ0v) is 12.5. The number of hydrogen-bond acceptors (Lipinski definition) is 5. The number of aromatic nitrogens is 1. The first-order valence-electron chi connectivity index (χ1n) is 7.03. The van der Waals surface area contributed by atoms with Crippen LogP contribution in [-0.2, 0) is 16.8 Å². The van der Waals surface area contributed by atoms with Crippen molar-refractivity contribution < 1.29 is 14.9 Å². The summed E-state index contributed by atoms with van der Waals surface area (Å²) in [5.74, 6) is 0.809. The van der Waals surface area contributed by atoms with Gasteiger partial charge in [-0.3, -0.25) is 0 Å². The number of pyridine rings is 1. The molecule has 0 saturated carbocycles. The first-order chi connectivity index (χ1) is 9.45. The number of aliphatic hydroxyl groups excluding tert-OH is 2. The molecule has 1 fully saturated rings. The van der Waals surface area contributed by atoms with Crippen LogP contribution in [0.2, 0.25) is 0 Å². The molecule has 0 spiro atoms. The maximum absolute atomic E-state index is 9.48. The fourth-order valence-electron chi connectivity index (χ4n) is 2.30. The van der Waals surface area contributed by atoms with Crippen LogP contribution >= 0.6 is 0 Å². The van der Waals surface area contributed by atoms with E-state index in [0.717, 1.165) is 17.1 Å². The van der Waals surface area contributed by atoms with Gasteiger partial charge in [-0.2, -0.15) is 0 Å². The van der Waals surface area contributed by atoms with Gasteiger partial charge in [0.15, 0.2) is 0 Å². The summed E-state index contributed by atoms with van der Waals surface area (Å²) in [7, 11) is 0. The quantitative estimate of drug-likeness (QED) is 0.867. The molecule has 1 aromatic heterocycles. The summed E-state index contributed by atoms with van der Waals surface area (Å²) < 4.78 is 5.40. The van der Waals surface area contributed by atoms with Gasteiger partial charge < -0.3 is 19.8 Å². The van der Waals surface area contributed by atoms with E-state index in [2.05, 4.69) is 25.7 Å². The first-order valence-corrected chi connectivity index (χ1v) is 7.03. The molecule has 5 heteroatoms. The normalized spacial score (nSPS) is 20.2. The van der Waals surface area contributed by atoms with Gasteiger partial charge >= 0.3 is 0 Å². The van der Waals surface area contributed by atoms with Crippen LogP contribution in [0, 0.1) is 0 Å². The van der Waals surface area contributed by atoms with Crippen LogP contribution in [0.5, 0.6) is 0 Å². The van der Waals surface area contributed by atoms with Crippen LogP contribution in [0.3, 0.4) is 0 Å². The Morgan fingerprint density at radius 2 is 2.10 bits per heavy atom. The topological polar surface area (TPSA) is 65.8 Å². The Bertz CT molecular complexity index is 457. The Balaban J connectivity index is 2.39. The number of morpholine rings is 1. The van der Waals surface area contributed by atoms with E-state index in [1.807, 2.05) is 12.1 Å². The van der Waals surface area contributed by atoms with Gasteiger partial charge in [0.25, 0.3) is 0 Å². The molecular formula is C15H24N2O3. The number of ether oxygens (including phenoxy) is 1. The Morgan fingerprint density at radius 3 is 2.70 bits per heavy atom. The molecule has 0 aliphatic carbocycles. The molecular weight excluding hydrogens is 256 g/mol. The Labute approximate surface area is 120 Å². The number of nitrogens with zero attached hydrogens (tertiary/aromatic N) is 2. The van der Waals surface area contributed by atoms with Crippen molar-refractivity contribution >= 4 is 5.82 Å². The first kappa shape index (κ1) is 15.2. The molecule has 1 aliphatic heterocycles. The highest BCUT2D eigenvalue weighted by atomic mass is 16.5. The highest BCUT2D eigenvalue weighted by Gasteiger charge is 2.25. The molecule has 1 aliphatic rings. The molecule has 1 atom stereocenters. The molecule has 5 nitrogen and oxygen atoms in total. The molecule has 0 amide bonds. The molecule has 1 aromatic rings. The minimum Gasteiger partial charge on any atom is -0.394 e. The summed E-state index contributed by atoms with van der Waals surface area (Å²) in [6, 6.07) is 3.76. The van der Waals surface area contributed by atoms with Crippen molar-refractivity contribution in [2.45, 2.75) is 38.8 Å². The molecule has 1 saturated heterocycles. The number of aliphatic hydroxyl groups is 2. The van der Waals surface area contributed by atoms with E-state index in [9.17, 15) is 10.2 Å². The molecule has 2 heterocycles. The molecule has 1 unspecified atom stereocenters. The SMILES string of the molecule is CC(C)(C)c1cc(CO)cc(N2CCOCC2CO)n1. The molecule has 2 N–H and O–H groups in total. The second-order valence-corrected chi connectivity index (χ2v) is 6.23. The van der Waals surface area contributed by atoms with Crippen LogP contribution in [-0.4, -0.2) is 47.6 Å². The van der Waals surface area contributed by atoms with Crippen molar-refractivity contribution in [3.8, 4) is 0 Å². The fourth-order valence-corrected chi connectivity index (χ4v) is 2.30. The third kappa shape index (κ3) is 3.29. The van der Waals surface area contributed by atoms with Crippen LogP contribution < -0.4 is 4.90 Å². The molecule has 20 heavy (non-hydrogen) atoms. The summed E-state index contributed by atoms with van der Waals surface area (Å²) in [6.45, 7) is 8.17. The van der Waals surface area contributed by atoms with Crippen molar-refractivity contribution in [2.75, 3.05) is 31.3 Å². The predicted octanol–water partition coefficient (Wildman–Crippen LogP) is 1.07. The highest BCUT2D eigenvalue weighted by molar-refractivity contribution is 5.45. The third-order valence-corrected chi connectivity index (χ3v) is 3.56. The fraction of sp³-hybridized carbons (Fsp3) is 0.667. The van der Waals surface area contributed by atoms with E-state index in [4.69, 9.17) is 9.72 Å². The second kappa shape index (κ2) is 6.08. The van der Waals surface area contributed by atoms with Gasteiger partial charge in [0.2, 0.25) is 0 Å². The summed E-state index contributed by atoms with van der Waals surface area (Å²) >= 11 is 0. The van der Waals surface area contributed by atoms with Crippen LogP contribution in [0.15, 0.2) is 12.1 Å². The van der Waals surface area contributed by atoms with Gasteiger partial charge in [-0.15, -0.1) is 0 Å².